The van der Waals surface area contributed by atoms with Gasteiger partial charge >= 0.3 is 5.97 Å². The van der Waals surface area contributed by atoms with Crippen molar-refractivity contribution in [3.8, 4) is 5.75 Å². The summed E-state index contributed by atoms with van der Waals surface area (Å²) in [7, 11) is 1.64. The van der Waals surface area contributed by atoms with Crippen LogP contribution in [0.15, 0.2) is 18.3 Å². The van der Waals surface area contributed by atoms with Gasteiger partial charge in [-0.15, -0.1) is 0 Å². The number of ether oxygens (including phenoxy) is 1. The predicted molar refractivity (Wildman–Crippen MR) is 71.7 cm³/mol. The third-order valence-corrected chi connectivity index (χ3v) is 3.29. The summed E-state index contributed by atoms with van der Waals surface area (Å²) in [5, 5.41) is 8.67. The topological polar surface area (TPSA) is 65.9 Å². The van der Waals surface area contributed by atoms with Crippen LogP contribution >= 0.6 is 0 Å². The van der Waals surface area contributed by atoms with E-state index >= 15 is 0 Å². The van der Waals surface area contributed by atoms with Gasteiger partial charge in [-0.25, -0.2) is 4.98 Å². The molecule has 1 saturated heterocycles. The van der Waals surface area contributed by atoms with Crippen LogP contribution in [0.3, 0.4) is 0 Å². The number of aliphatic carboxylic acids is 1. The van der Waals surface area contributed by atoms with Crippen molar-refractivity contribution in [2.24, 2.45) is 0 Å². The molecule has 0 spiro atoms. The summed E-state index contributed by atoms with van der Waals surface area (Å²) in [6.45, 7) is 4.08. The van der Waals surface area contributed by atoms with E-state index in [1.807, 2.05) is 12.1 Å². The van der Waals surface area contributed by atoms with Gasteiger partial charge in [0.15, 0.2) is 0 Å². The zero-order chi connectivity index (χ0) is 13.7. The van der Waals surface area contributed by atoms with Gasteiger partial charge in [0, 0.05) is 45.0 Å². The Balaban J connectivity index is 1.87. The minimum absolute atomic E-state index is 0.206. The van der Waals surface area contributed by atoms with Crippen LogP contribution in [0.25, 0.3) is 0 Å². The van der Waals surface area contributed by atoms with E-state index in [1.54, 1.807) is 13.3 Å². The molecule has 2 heterocycles. The normalized spacial score (nSPS) is 16.4. The molecule has 0 atom stereocenters. The lowest BCUT2D eigenvalue weighted by molar-refractivity contribution is -0.137. The fourth-order valence-electron chi connectivity index (χ4n) is 2.15. The molecule has 6 heteroatoms. The van der Waals surface area contributed by atoms with Crippen LogP contribution in [0.2, 0.25) is 0 Å². The van der Waals surface area contributed by atoms with Crippen molar-refractivity contribution in [2.45, 2.75) is 6.42 Å². The fourth-order valence-corrected chi connectivity index (χ4v) is 2.15. The molecule has 1 aliphatic heterocycles. The fraction of sp³-hybridized carbons (Fsp3) is 0.538. The van der Waals surface area contributed by atoms with Gasteiger partial charge in [0.25, 0.3) is 0 Å². The number of rotatable bonds is 5. The first-order valence-electron chi connectivity index (χ1n) is 6.38. The Labute approximate surface area is 112 Å². The van der Waals surface area contributed by atoms with Crippen molar-refractivity contribution in [1.82, 2.24) is 9.88 Å². The number of hydrogen-bond acceptors (Lipinski definition) is 5. The number of piperazine rings is 1. The maximum atomic E-state index is 10.5. The summed E-state index contributed by atoms with van der Waals surface area (Å²) < 4.78 is 5.19. The molecule has 0 amide bonds. The maximum Gasteiger partial charge on any atom is 0.304 e. The van der Waals surface area contributed by atoms with Gasteiger partial charge in [-0.05, 0) is 6.07 Å². The average Bonchev–Trinajstić information content (AvgIpc) is 2.45. The van der Waals surface area contributed by atoms with Gasteiger partial charge in [0.1, 0.15) is 11.6 Å². The molecule has 2 rings (SSSR count). The lowest BCUT2D eigenvalue weighted by Gasteiger charge is -2.35. The zero-order valence-electron chi connectivity index (χ0n) is 11.1. The Morgan fingerprint density at radius 1 is 1.42 bits per heavy atom. The van der Waals surface area contributed by atoms with Gasteiger partial charge in [-0.1, -0.05) is 0 Å². The van der Waals surface area contributed by atoms with Gasteiger partial charge in [0.2, 0.25) is 0 Å². The molecule has 1 aliphatic rings. The molecule has 0 aliphatic carbocycles. The van der Waals surface area contributed by atoms with Gasteiger partial charge in [-0.3, -0.25) is 9.69 Å². The molecular formula is C13H19N3O3. The van der Waals surface area contributed by atoms with E-state index < -0.39 is 5.97 Å². The predicted octanol–water partition coefficient (Wildman–Crippen LogP) is 0.687. The molecule has 104 valence electrons. The molecule has 0 bridgehead atoms. The summed E-state index contributed by atoms with van der Waals surface area (Å²) >= 11 is 0. The molecule has 1 aromatic rings. The highest BCUT2D eigenvalue weighted by Gasteiger charge is 2.18. The summed E-state index contributed by atoms with van der Waals surface area (Å²) in [6, 6.07) is 3.75. The number of pyridine rings is 1. The molecule has 1 N–H and O–H groups in total. The highest BCUT2D eigenvalue weighted by molar-refractivity contribution is 5.66. The number of hydrogen-bond donors (Lipinski definition) is 1. The Morgan fingerprint density at radius 3 is 2.79 bits per heavy atom. The highest BCUT2D eigenvalue weighted by atomic mass is 16.5. The van der Waals surface area contributed by atoms with Gasteiger partial charge < -0.3 is 14.7 Å². The van der Waals surface area contributed by atoms with Crippen LogP contribution in [0.5, 0.6) is 5.75 Å². The second kappa shape index (κ2) is 6.38. The van der Waals surface area contributed by atoms with E-state index in [9.17, 15) is 4.79 Å². The van der Waals surface area contributed by atoms with Gasteiger partial charge in [-0.2, -0.15) is 0 Å². The third kappa shape index (κ3) is 3.82. The Hall–Kier alpha value is -1.82. The van der Waals surface area contributed by atoms with E-state index in [0.717, 1.165) is 37.7 Å². The molecule has 1 fully saturated rings. The molecule has 6 nitrogen and oxygen atoms in total. The monoisotopic (exact) mass is 265 g/mol. The van der Waals surface area contributed by atoms with E-state index in [1.165, 1.54) is 0 Å². The SMILES string of the molecule is COc1ccnc(N2CCN(CCC(=O)O)CC2)c1. The molecule has 1 aromatic heterocycles. The summed E-state index contributed by atoms with van der Waals surface area (Å²) in [5.74, 6) is 0.979. The molecule has 19 heavy (non-hydrogen) atoms. The number of methoxy groups -OCH3 is 1. The van der Waals surface area contributed by atoms with Crippen LogP contribution in [-0.4, -0.2) is 60.8 Å². The number of carboxylic acid groups (broad SMARTS) is 1. The summed E-state index contributed by atoms with van der Waals surface area (Å²) in [5.41, 5.74) is 0. The highest BCUT2D eigenvalue weighted by Crippen LogP contribution is 2.19. The third-order valence-electron chi connectivity index (χ3n) is 3.29. The molecular weight excluding hydrogens is 246 g/mol. The van der Waals surface area contributed by atoms with E-state index in [4.69, 9.17) is 9.84 Å². The standard InChI is InChI=1S/C13H19N3O3/c1-19-11-2-4-14-12(10-11)16-8-6-15(7-9-16)5-3-13(17)18/h2,4,10H,3,5-9H2,1H3,(H,17,18). The van der Waals surface area contributed by atoms with Gasteiger partial charge in [0.05, 0.1) is 13.5 Å². The quantitative estimate of drug-likeness (QED) is 0.845. The number of aromatic nitrogens is 1. The van der Waals surface area contributed by atoms with Crippen molar-refractivity contribution in [1.29, 1.82) is 0 Å². The van der Waals surface area contributed by atoms with Crippen LogP contribution in [-0.2, 0) is 4.79 Å². The minimum atomic E-state index is -0.739. The van der Waals surface area contributed by atoms with Crippen LogP contribution in [0, 0.1) is 0 Å². The second-order valence-electron chi connectivity index (χ2n) is 4.53. The van der Waals surface area contributed by atoms with Crippen molar-refractivity contribution in [3.63, 3.8) is 0 Å². The van der Waals surface area contributed by atoms with E-state index in [2.05, 4.69) is 14.8 Å². The van der Waals surface area contributed by atoms with Crippen molar-refractivity contribution < 1.29 is 14.6 Å². The zero-order valence-corrected chi connectivity index (χ0v) is 11.1. The number of anilines is 1. The Morgan fingerprint density at radius 2 is 2.16 bits per heavy atom. The molecule has 0 unspecified atom stereocenters. The smallest absolute Gasteiger partial charge is 0.304 e. The lowest BCUT2D eigenvalue weighted by atomic mass is 10.2. The first kappa shape index (κ1) is 13.6. The number of nitrogens with zero attached hydrogens (tertiary/aromatic N) is 3. The van der Waals surface area contributed by atoms with E-state index in [-0.39, 0.29) is 6.42 Å². The first-order chi connectivity index (χ1) is 9.19. The Kier molecular flexibility index (Phi) is 4.57. The Bertz CT molecular complexity index is 431. The largest absolute Gasteiger partial charge is 0.497 e. The minimum Gasteiger partial charge on any atom is -0.497 e. The number of carbonyl (C=O) groups is 1. The summed E-state index contributed by atoms with van der Waals surface area (Å²) in [4.78, 5) is 19.2. The van der Waals surface area contributed by atoms with Crippen molar-refractivity contribution in [3.05, 3.63) is 18.3 Å². The average molecular weight is 265 g/mol. The molecule has 0 saturated carbocycles. The van der Waals surface area contributed by atoms with Crippen LogP contribution < -0.4 is 9.64 Å². The first-order valence-corrected chi connectivity index (χ1v) is 6.38. The van der Waals surface area contributed by atoms with Crippen LogP contribution in [0.1, 0.15) is 6.42 Å². The van der Waals surface area contributed by atoms with E-state index in [0.29, 0.717) is 6.54 Å². The number of carboxylic acids is 1. The van der Waals surface area contributed by atoms with Crippen LogP contribution in [0.4, 0.5) is 5.82 Å². The summed E-state index contributed by atoms with van der Waals surface area (Å²) in [6.07, 6.45) is 1.95. The maximum absolute atomic E-state index is 10.5. The molecule has 0 radical (unpaired) electrons. The van der Waals surface area contributed by atoms with Crippen molar-refractivity contribution in [2.75, 3.05) is 44.7 Å². The molecule has 0 aromatic carbocycles. The van der Waals surface area contributed by atoms with Crippen molar-refractivity contribution >= 4 is 11.8 Å². The lowest BCUT2D eigenvalue weighted by Crippen LogP contribution is -2.47. The second-order valence-corrected chi connectivity index (χ2v) is 4.53.